The predicted octanol–water partition coefficient (Wildman–Crippen LogP) is 2.50. The molecule has 4 N–H and O–H groups in total. The van der Waals surface area contributed by atoms with E-state index in [9.17, 15) is 4.79 Å². The lowest BCUT2D eigenvalue weighted by molar-refractivity contribution is 0.1000. The molecule has 2 aromatic carbocycles. The number of nitrogens with one attached hydrogen (secondary N) is 2. The van der Waals surface area contributed by atoms with Crippen LogP contribution in [-0.4, -0.2) is 41.9 Å². The molecule has 1 heterocycles. The van der Waals surface area contributed by atoms with Gasteiger partial charge in [0.2, 0.25) is 5.91 Å². The van der Waals surface area contributed by atoms with Crippen LogP contribution in [0.4, 0.5) is 0 Å². The van der Waals surface area contributed by atoms with Gasteiger partial charge in [-0.1, -0.05) is 42.5 Å². The molecule has 0 spiro atoms. The normalized spacial score (nSPS) is 19.9. The summed E-state index contributed by atoms with van der Waals surface area (Å²) in [6.07, 6.45) is 1.08. The Hall–Kier alpha value is -2.86. The average molecular weight is 394 g/mol. The molecule has 29 heavy (non-hydrogen) atoms. The van der Waals surface area contributed by atoms with Crippen LogP contribution in [0.5, 0.6) is 0 Å². The molecular weight excluding hydrogens is 362 g/mol. The molecule has 1 aliphatic heterocycles. The van der Waals surface area contributed by atoms with Gasteiger partial charge >= 0.3 is 0 Å². The third-order valence-corrected chi connectivity index (χ3v) is 5.25. The molecule has 0 saturated carbocycles. The molecule has 1 aliphatic rings. The number of carbonyl (C=O) groups is 1. The first-order valence-corrected chi connectivity index (χ1v) is 10.3. The minimum absolute atomic E-state index is 0.350. The molecule has 1 fully saturated rings. The summed E-state index contributed by atoms with van der Waals surface area (Å²) in [5.74, 6) is 0.384. The average Bonchev–Trinajstić information content (AvgIpc) is 3.06. The minimum atomic E-state index is -0.417. The Morgan fingerprint density at radius 1 is 1.17 bits per heavy atom. The fourth-order valence-corrected chi connectivity index (χ4v) is 3.75. The zero-order valence-electron chi connectivity index (χ0n) is 17.3. The number of carbonyl (C=O) groups excluding carboxylic acids is 1. The number of aliphatic imine (C=N–C) groups is 1. The molecule has 0 bridgehead atoms. The number of nitrogens with zero attached hydrogens (tertiary/aromatic N) is 2. The van der Waals surface area contributed by atoms with Gasteiger partial charge in [-0.15, -0.1) is 0 Å². The van der Waals surface area contributed by atoms with E-state index in [0.29, 0.717) is 24.2 Å². The third kappa shape index (κ3) is 6.06. The van der Waals surface area contributed by atoms with Crippen molar-refractivity contribution in [2.75, 3.05) is 13.1 Å². The van der Waals surface area contributed by atoms with Gasteiger partial charge in [0.1, 0.15) is 0 Å². The maximum Gasteiger partial charge on any atom is 0.248 e. The van der Waals surface area contributed by atoms with Crippen molar-refractivity contribution in [2.45, 2.75) is 45.4 Å². The summed E-state index contributed by atoms with van der Waals surface area (Å²) >= 11 is 0. The van der Waals surface area contributed by atoms with E-state index in [0.717, 1.165) is 37.6 Å². The minimum Gasteiger partial charge on any atom is -0.366 e. The Labute approximate surface area is 173 Å². The van der Waals surface area contributed by atoms with Gasteiger partial charge in [-0.05, 0) is 43.5 Å². The first-order chi connectivity index (χ1) is 14.0. The fraction of sp³-hybridized carbons (Fsp3) is 0.391. The zero-order chi connectivity index (χ0) is 20.6. The zero-order valence-corrected chi connectivity index (χ0v) is 17.3. The molecule has 2 atom stereocenters. The van der Waals surface area contributed by atoms with Crippen LogP contribution in [0, 0.1) is 0 Å². The predicted molar refractivity (Wildman–Crippen MR) is 118 cm³/mol. The number of likely N-dealkylation sites (tertiary alicyclic amines) is 1. The molecule has 2 unspecified atom stereocenters. The summed E-state index contributed by atoms with van der Waals surface area (Å²) < 4.78 is 0. The van der Waals surface area contributed by atoms with Crippen LogP contribution in [0.2, 0.25) is 0 Å². The van der Waals surface area contributed by atoms with Crippen molar-refractivity contribution in [2.24, 2.45) is 10.7 Å². The lowest BCUT2D eigenvalue weighted by atomic mass is 10.1. The van der Waals surface area contributed by atoms with E-state index in [1.165, 1.54) is 5.56 Å². The van der Waals surface area contributed by atoms with Gasteiger partial charge in [-0.3, -0.25) is 9.69 Å². The Morgan fingerprint density at radius 2 is 1.93 bits per heavy atom. The number of hydrogen-bond donors (Lipinski definition) is 3. The molecule has 1 saturated heterocycles. The van der Waals surface area contributed by atoms with Crippen LogP contribution < -0.4 is 16.4 Å². The maximum atomic E-state index is 11.4. The van der Waals surface area contributed by atoms with Crippen LogP contribution in [0.25, 0.3) is 0 Å². The van der Waals surface area contributed by atoms with Crippen molar-refractivity contribution in [3.8, 4) is 0 Å². The van der Waals surface area contributed by atoms with Crippen molar-refractivity contribution in [3.63, 3.8) is 0 Å². The number of nitrogens with two attached hydrogens (primary N) is 1. The number of primary amides is 1. The van der Waals surface area contributed by atoms with Gasteiger partial charge < -0.3 is 16.4 Å². The molecule has 2 aromatic rings. The molecule has 6 nitrogen and oxygen atoms in total. The number of amides is 1. The number of benzene rings is 2. The number of guanidine groups is 1. The standard InChI is InChI=1S/C23H31N5O/c1-3-25-23(26-14-19-10-7-11-20(13-19)22(24)29)27-21-12-17(2)28(16-21)15-18-8-5-4-6-9-18/h4-11,13,17,21H,3,12,14-16H2,1-2H3,(H2,24,29)(H2,25,26,27). The maximum absolute atomic E-state index is 11.4. The summed E-state index contributed by atoms with van der Waals surface area (Å²) in [7, 11) is 0. The van der Waals surface area contributed by atoms with E-state index < -0.39 is 5.91 Å². The Morgan fingerprint density at radius 3 is 2.66 bits per heavy atom. The van der Waals surface area contributed by atoms with Crippen molar-refractivity contribution in [1.29, 1.82) is 0 Å². The second kappa shape index (κ2) is 10.1. The van der Waals surface area contributed by atoms with Gasteiger partial charge in [0.25, 0.3) is 0 Å². The largest absolute Gasteiger partial charge is 0.366 e. The number of hydrogen-bond acceptors (Lipinski definition) is 3. The highest BCUT2D eigenvalue weighted by molar-refractivity contribution is 5.92. The lowest BCUT2D eigenvalue weighted by Gasteiger charge is -2.21. The first-order valence-electron chi connectivity index (χ1n) is 10.3. The van der Waals surface area contributed by atoms with Crippen LogP contribution in [0.3, 0.4) is 0 Å². The first kappa shape index (κ1) is 20.9. The van der Waals surface area contributed by atoms with E-state index in [1.807, 2.05) is 12.1 Å². The summed E-state index contributed by atoms with van der Waals surface area (Å²) in [5.41, 5.74) is 8.19. The van der Waals surface area contributed by atoms with E-state index in [2.05, 4.69) is 59.7 Å². The highest BCUT2D eigenvalue weighted by Crippen LogP contribution is 2.20. The second-order valence-electron chi connectivity index (χ2n) is 7.60. The Balaban J connectivity index is 1.60. The van der Waals surface area contributed by atoms with Crippen LogP contribution in [-0.2, 0) is 13.1 Å². The molecule has 154 valence electrons. The van der Waals surface area contributed by atoms with E-state index in [1.54, 1.807) is 12.1 Å². The molecule has 1 amide bonds. The van der Waals surface area contributed by atoms with Crippen molar-refractivity contribution < 1.29 is 4.79 Å². The van der Waals surface area contributed by atoms with Gasteiger partial charge in [0, 0.05) is 37.3 Å². The summed E-state index contributed by atoms with van der Waals surface area (Å²) in [5, 5.41) is 6.90. The van der Waals surface area contributed by atoms with Gasteiger partial charge in [-0.25, -0.2) is 4.99 Å². The monoisotopic (exact) mass is 393 g/mol. The smallest absolute Gasteiger partial charge is 0.248 e. The fourth-order valence-electron chi connectivity index (χ4n) is 3.75. The Bertz CT molecular complexity index is 836. The van der Waals surface area contributed by atoms with E-state index in [-0.39, 0.29) is 0 Å². The quantitative estimate of drug-likeness (QED) is 0.499. The summed E-state index contributed by atoms with van der Waals surface area (Å²) in [6, 6.07) is 18.8. The van der Waals surface area contributed by atoms with E-state index in [4.69, 9.17) is 10.7 Å². The summed E-state index contributed by atoms with van der Waals surface area (Å²) in [6.45, 7) is 7.58. The molecule has 0 radical (unpaired) electrons. The van der Waals surface area contributed by atoms with E-state index >= 15 is 0 Å². The lowest BCUT2D eigenvalue weighted by Crippen LogP contribution is -2.44. The molecule has 0 aromatic heterocycles. The SMILES string of the molecule is CCNC(=NCc1cccc(C(N)=O)c1)NC1CC(C)N(Cc2ccccc2)C1. The number of rotatable bonds is 7. The van der Waals surface area contributed by atoms with Crippen molar-refractivity contribution in [1.82, 2.24) is 15.5 Å². The second-order valence-corrected chi connectivity index (χ2v) is 7.60. The highest BCUT2D eigenvalue weighted by atomic mass is 16.1. The van der Waals surface area contributed by atoms with Crippen molar-refractivity contribution >= 4 is 11.9 Å². The summed E-state index contributed by atoms with van der Waals surface area (Å²) in [4.78, 5) is 18.6. The van der Waals surface area contributed by atoms with Crippen LogP contribution >= 0.6 is 0 Å². The van der Waals surface area contributed by atoms with Crippen LogP contribution in [0.1, 0.15) is 41.8 Å². The molecular formula is C23H31N5O. The molecule has 0 aliphatic carbocycles. The third-order valence-electron chi connectivity index (χ3n) is 5.25. The van der Waals surface area contributed by atoms with Crippen molar-refractivity contribution in [3.05, 3.63) is 71.3 Å². The van der Waals surface area contributed by atoms with Crippen LogP contribution in [0.15, 0.2) is 59.6 Å². The molecule has 3 rings (SSSR count). The van der Waals surface area contributed by atoms with Gasteiger partial charge in [0.15, 0.2) is 5.96 Å². The topological polar surface area (TPSA) is 82.7 Å². The molecule has 6 heteroatoms. The van der Waals surface area contributed by atoms with Gasteiger partial charge in [-0.2, -0.15) is 0 Å². The Kier molecular flexibility index (Phi) is 7.25. The van der Waals surface area contributed by atoms with Gasteiger partial charge in [0.05, 0.1) is 6.54 Å². The highest BCUT2D eigenvalue weighted by Gasteiger charge is 2.29.